The van der Waals surface area contributed by atoms with E-state index in [2.05, 4.69) is 23.3 Å². The van der Waals surface area contributed by atoms with Gasteiger partial charge in [0.05, 0.1) is 40.1 Å². The summed E-state index contributed by atoms with van der Waals surface area (Å²) < 4.78 is 59.8. The van der Waals surface area contributed by atoms with Gasteiger partial charge in [-0.25, -0.2) is 4.57 Å². The molecule has 0 aliphatic rings. The van der Waals surface area contributed by atoms with Gasteiger partial charge in [0.1, 0.15) is 18.5 Å². The molecule has 4 atom stereocenters. The molecule has 0 saturated carbocycles. The van der Waals surface area contributed by atoms with E-state index >= 15 is 0 Å². The molecule has 0 fully saturated rings. The number of hydrogen-bond donors (Lipinski definition) is 0. The Labute approximate surface area is 403 Å². The van der Waals surface area contributed by atoms with Crippen LogP contribution in [0.25, 0.3) is 0 Å². The second kappa shape index (κ2) is 41.6. The second-order valence-electron chi connectivity index (χ2n) is 17.7. The molecule has 0 heterocycles. The van der Waals surface area contributed by atoms with E-state index in [4.69, 9.17) is 37.0 Å². The fraction of sp³-hybridized carbons (Fsp3) is 0.736. The summed E-state index contributed by atoms with van der Waals surface area (Å²) in [4.78, 5) is 26.0. The number of phosphoric acid groups is 1. The van der Waals surface area contributed by atoms with Gasteiger partial charge in [0.25, 0.3) is 0 Å². The maximum atomic E-state index is 14.2. The molecule has 0 aliphatic heterocycles. The minimum Gasteiger partial charge on any atom is -0.497 e. The minimum atomic E-state index is -4.28. The normalized spacial score (nSPS) is 13.3. The van der Waals surface area contributed by atoms with Crippen LogP contribution in [0.5, 0.6) is 5.75 Å². The zero-order valence-corrected chi connectivity index (χ0v) is 43.5. The quantitative estimate of drug-likeness (QED) is 0.0358. The molecule has 2 aromatic carbocycles. The largest absolute Gasteiger partial charge is 0.497 e. The number of phosphoric ester groups is 1. The number of esters is 2. The van der Waals surface area contributed by atoms with Gasteiger partial charge in [0, 0.05) is 22.3 Å². The standard InChI is InChI=1S/C53H90O11P2/c1-4-6-8-10-12-14-16-18-20-22-24-26-31-35-52(54)59-44-50(63-53(55)36-32-27-25-23-21-19-17-15-13-11-9-7-5-2)45-61-66(56,60-42-47-33-29-28-30-34-47)62-46-51(64-65)43-58-41-48-37-39-49(57-3)40-38-48/h28-30,33-34,37-40,50-51H,4-27,31-32,35-36,41-46,65H2,1-3H3/t50-,51+,66?/m1/s1. The molecular formula is C53H90O11P2. The SMILES string of the molecule is CCCCCCCCCCCCCCCC(=O)OC[C@H](COP(=O)(OCc1ccccc1)OC[C@H](COCc1ccc(OC)cc1)OP)OC(=O)CCCCCCCCCCCCCCC. The predicted octanol–water partition coefficient (Wildman–Crippen LogP) is 15.2. The molecule has 0 saturated heterocycles. The van der Waals surface area contributed by atoms with Crippen LogP contribution in [0, 0.1) is 0 Å². The van der Waals surface area contributed by atoms with Crippen LogP contribution in [-0.4, -0.2) is 57.7 Å². The van der Waals surface area contributed by atoms with Gasteiger partial charge < -0.3 is 23.5 Å². The van der Waals surface area contributed by atoms with Crippen LogP contribution < -0.4 is 4.74 Å². The fourth-order valence-electron chi connectivity index (χ4n) is 7.54. The maximum absolute atomic E-state index is 14.2. The van der Waals surface area contributed by atoms with Crippen LogP contribution in [0.3, 0.4) is 0 Å². The molecule has 0 spiro atoms. The first-order chi connectivity index (χ1) is 32.3. The lowest BCUT2D eigenvalue weighted by Gasteiger charge is -2.24. The highest BCUT2D eigenvalue weighted by atomic mass is 31.2. The van der Waals surface area contributed by atoms with Crippen LogP contribution in [0.1, 0.15) is 205 Å². The smallest absolute Gasteiger partial charge is 0.475 e. The molecule has 0 radical (unpaired) electrons. The van der Waals surface area contributed by atoms with E-state index in [1.807, 2.05) is 54.6 Å². The first-order valence-electron chi connectivity index (χ1n) is 25.8. The summed E-state index contributed by atoms with van der Waals surface area (Å²) in [6, 6.07) is 16.8. The third-order valence-electron chi connectivity index (χ3n) is 11.7. The topological polar surface area (TPSA) is 125 Å². The summed E-state index contributed by atoms with van der Waals surface area (Å²) in [7, 11) is -0.475. The van der Waals surface area contributed by atoms with Crippen LogP contribution in [0.15, 0.2) is 54.6 Å². The molecule has 66 heavy (non-hydrogen) atoms. The Balaban J connectivity index is 1.91. The number of carbonyl (C=O) groups excluding carboxylic acids is 2. The van der Waals surface area contributed by atoms with Crippen LogP contribution >= 0.6 is 17.3 Å². The summed E-state index contributed by atoms with van der Waals surface area (Å²) in [5.41, 5.74) is 1.70. The Morgan fingerprint density at radius 2 is 0.939 bits per heavy atom. The number of hydrogen-bond acceptors (Lipinski definition) is 11. The number of ether oxygens (including phenoxy) is 4. The van der Waals surface area contributed by atoms with Crippen molar-refractivity contribution in [3.05, 3.63) is 65.7 Å². The number of unbranched alkanes of at least 4 members (excludes halogenated alkanes) is 24. The van der Waals surface area contributed by atoms with Crippen molar-refractivity contribution in [1.82, 2.24) is 0 Å². The molecule has 11 nitrogen and oxygen atoms in total. The van der Waals surface area contributed by atoms with Crippen molar-refractivity contribution in [1.29, 1.82) is 0 Å². The molecular weight excluding hydrogens is 875 g/mol. The van der Waals surface area contributed by atoms with E-state index in [1.165, 1.54) is 122 Å². The zero-order valence-electron chi connectivity index (χ0n) is 41.4. The van der Waals surface area contributed by atoms with Crippen LogP contribution in [0.2, 0.25) is 0 Å². The van der Waals surface area contributed by atoms with Crippen molar-refractivity contribution in [3.63, 3.8) is 0 Å². The average Bonchev–Trinajstić information content (AvgIpc) is 3.33. The maximum Gasteiger partial charge on any atom is 0.475 e. The van der Waals surface area contributed by atoms with Gasteiger partial charge in [-0.2, -0.15) is 0 Å². The second-order valence-corrected chi connectivity index (χ2v) is 19.6. The third-order valence-corrected chi connectivity index (χ3v) is 13.5. The zero-order chi connectivity index (χ0) is 47.6. The van der Waals surface area contributed by atoms with Crippen LogP contribution in [0.4, 0.5) is 0 Å². The van der Waals surface area contributed by atoms with Crippen molar-refractivity contribution in [3.8, 4) is 5.75 Å². The molecule has 378 valence electrons. The van der Waals surface area contributed by atoms with Crippen molar-refractivity contribution in [2.75, 3.05) is 33.5 Å². The average molecular weight is 965 g/mol. The fourth-order valence-corrected chi connectivity index (χ4v) is 8.92. The molecule has 2 aromatic rings. The Bertz CT molecular complexity index is 1480. The van der Waals surface area contributed by atoms with E-state index in [0.717, 1.165) is 55.4 Å². The Hall–Kier alpha value is -2.36. The number of methoxy groups -OCH3 is 1. The van der Waals surface area contributed by atoms with Gasteiger partial charge in [0.15, 0.2) is 6.10 Å². The summed E-state index contributed by atoms with van der Waals surface area (Å²) in [5.74, 6) is -0.0457. The number of rotatable bonds is 46. The van der Waals surface area contributed by atoms with Crippen LogP contribution in [-0.2, 0) is 59.7 Å². The monoisotopic (exact) mass is 965 g/mol. The molecule has 0 aliphatic carbocycles. The third kappa shape index (κ3) is 33.2. The lowest BCUT2D eigenvalue weighted by atomic mass is 10.0. The van der Waals surface area contributed by atoms with Gasteiger partial charge >= 0.3 is 19.8 Å². The Kier molecular flexibility index (Phi) is 37.7. The highest BCUT2D eigenvalue weighted by molar-refractivity contribution is 7.48. The van der Waals surface area contributed by atoms with Gasteiger partial charge in [-0.1, -0.05) is 210 Å². The summed E-state index contributed by atoms with van der Waals surface area (Å²) in [6.45, 7) is 4.09. The first-order valence-corrected chi connectivity index (χ1v) is 27.7. The van der Waals surface area contributed by atoms with E-state index < -0.39 is 26.0 Å². The van der Waals surface area contributed by atoms with E-state index in [1.54, 1.807) is 7.11 Å². The lowest BCUT2D eigenvalue weighted by Crippen LogP contribution is -2.30. The van der Waals surface area contributed by atoms with Gasteiger partial charge in [-0.05, 0) is 36.1 Å². The molecule has 13 heteroatoms. The van der Waals surface area contributed by atoms with Crippen molar-refractivity contribution < 1.29 is 51.2 Å². The summed E-state index contributed by atoms with van der Waals surface area (Å²) >= 11 is 0. The number of benzene rings is 2. The van der Waals surface area contributed by atoms with Gasteiger partial charge in [-0.15, -0.1) is 0 Å². The molecule has 2 unspecified atom stereocenters. The first kappa shape index (κ1) is 59.8. The number of carbonyl (C=O) groups is 2. The van der Waals surface area contributed by atoms with E-state index in [-0.39, 0.29) is 51.8 Å². The Morgan fingerprint density at radius 1 is 0.500 bits per heavy atom. The predicted molar refractivity (Wildman–Crippen MR) is 269 cm³/mol. The summed E-state index contributed by atoms with van der Waals surface area (Å²) in [6.07, 6.45) is 30.3. The molecule has 0 bridgehead atoms. The molecule has 0 amide bonds. The Morgan fingerprint density at radius 3 is 1.41 bits per heavy atom. The molecule has 0 aromatic heterocycles. The van der Waals surface area contributed by atoms with Gasteiger partial charge in [-0.3, -0.25) is 23.2 Å². The highest BCUT2D eigenvalue weighted by Gasteiger charge is 2.31. The van der Waals surface area contributed by atoms with Crippen molar-refractivity contribution >= 4 is 29.2 Å². The summed E-state index contributed by atoms with van der Waals surface area (Å²) in [5, 5.41) is 0. The van der Waals surface area contributed by atoms with Gasteiger partial charge in [0.2, 0.25) is 0 Å². The van der Waals surface area contributed by atoms with Crippen molar-refractivity contribution in [2.45, 2.75) is 219 Å². The lowest BCUT2D eigenvalue weighted by molar-refractivity contribution is -0.161. The van der Waals surface area contributed by atoms with E-state index in [0.29, 0.717) is 13.0 Å². The molecule has 0 N–H and O–H groups in total. The van der Waals surface area contributed by atoms with Crippen molar-refractivity contribution in [2.24, 2.45) is 0 Å². The van der Waals surface area contributed by atoms with E-state index in [9.17, 15) is 14.2 Å². The minimum absolute atomic E-state index is 0.0594. The molecule has 2 rings (SSSR count). The highest BCUT2D eigenvalue weighted by Crippen LogP contribution is 2.50.